The second-order valence-corrected chi connectivity index (χ2v) is 5.19. The average Bonchev–Trinajstić information content (AvgIpc) is 2.92. The Kier molecular flexibility index (Phi) is 5.51. The molecule has 2 rings (SSSR count). The highest BCUT2D eigenvalue weighted by Crippen LogP contribution is 2.24. The number of nitrogens with zero attached hydrogens (tertiary/aromatic N) is 2. The molecular weight excluding hydrogens is 296 g/mol. The van der Waals surface area contributed by atoms with Crippen LogP contribution in [0.2, 0.25) is 0 Å². The molecule has 0 saturated heterocycles. The first-order chi connectivity index (χ1) is 11.0. The summed E-state index contributed by atoms with van der Waals surface area (Å²) in [5.41, 5.74) is 1.72. The normalized spacial score (nSPS) is 10.5. The maximum absolute atomic E-state index is 12.0. The van der Waals surface area contributed by atoms with Gasteiger partial charge in [0.15, 0.2) is 11.7 Å². The minimum atomic E-state index is -1.02. The molecule has 0 fully saturated rings. The van der Waals surface area contributed by atoms with E-state index in [-0.39, 0.29) is 18.9 Å². The molecule has 6 nitrogen and oxygen atoms in total. The minimum Gasteiger partial charge on any atom is -0.480 e. The molecule has 2 aromatic rings. The van der Waals surface area contributed by atoms with Crippen LogP contribution in [0.5, 0.6) is 0 Å². The first kappa shape index (κ1) is 16.7. The number of oxazole rings is 1. The molecule has 0 aliphatic rings. The molecule has 0 spiro atoms. The molecule has 23 heavy (non-hydrogen) atoms. The van der Waals surface area contributed by atoms with Gasteiger partial charge in [0.05, 0.1) is 5.69 Å². The van der Waals surface area contributed by atoms with Gasteiger partial charge in [0.25, 0.3) is 0 Å². The lowest BCUT2D eigenvalue weighted by molar-refractivity contribution is -0.144. The molecule has 1 aromatic heterocycles. The number of aryl methyl sites for hydroxylation is 2. The first-order valence-electron chi connectivity index (χ1n) is 7.52. The van der Waals surface area contributed by atoms with E-state index in [1.165, 1.54) is 4.90 Å². The van der Waals surface area contributed by atoms with Gasteiger partial charge in [-0.1, -0.05) is 30.3 Å². The number of aromatic nitrogens is 1. The summed E-state index contributed by atoms with van der Waals surface area (Å²) in [7, 11) is 0. The van der Waals surface area contributed by atoms with Crippen molar-refractivity contribution in [1.29, 1.82) is 0 Å². The van der Waals surface area contributed by atoms with Crippen molar-refractivity contribution in [2.45, 2.75) is 26.7 Å². The van der Waals surface area contributed by atoms with Gasteiger partial charge in [0.1, 0.15) is 6.54 Å². The minimum absolute atomic E-state index is 0.176. The van der Waals surface area contributed by atoms with Crippen LogP contribution >= 0.6 is 0 Å². The molecule has 1 heterocycles. The van der Waals surface area contributed by atoms with E-state index in [2.05, 4.69) is 4.98 Å². The molecule has 0 atom stereocenters. The summed E-state index contributed by atoms with van der Waals surface area (Å²) in [4.78, 5) is 28.4. The second-order valence-electron chi connectivity index (χ2n) is 5.19. The smallest absolute Gasteiger partial charge is 0.323 e. The Labute approximate surface area is 134 Å². The molecule has 0 unspecified atom stereocenters. The summed E-state index contributed by atoms with van der Waals surface area (Å²) in [5.74, 6) is -0.0439. The van der Waals surface area contributed by atoms with Crippen molar-refractivity contribution in [3.63, 3.8) is 0 Å². The Balaban J connectivity index is 2.02. The Morgan fingerprint density at radius 3 is 2.57 bits per heavy atom. The van der Waals surface area contributed by atoms with Gasteiger partial charge in [-0.2, -0.15) is 0 Å². The largest absolute Gasteiger partial charge is 0.480 e. The number of benzene rings is 1. The van der Waals surface area contributed by atoms with Crippen molar-refractivity contribution in [2.24, 2.45) is 0 Å². The summed E-state index contributed by atoms with van der Waals surface area (Å²) in [6.45, 7) is 3.70. The first-order valence-corrected chi connectivity index (χ1v) is 7.52. The summed E-state index contributed by atoms with van der Waals surface area (Å²) in [6, 6.07) is 9.65. The van der Waals surface area contributed by atoms with Crippen LogP contribution < -0.4 is 0 Å². The fourth-order valence-corrected chi connectivity index (χ4v) is 2.33. The van der Waals surface area contributed by atoms with Gasteiger partial charge in [0.2, 0.25) is 5.91 Å². The van der Waals surface area contributed by atoms with Crippen LogP contribution in [-0.2, 0) is 16.0 Å². The molecule has 6 heteroatoms. The van der Waals surface area contributed by atoms with Gasteiger partial charge in [-0.15, -0.1) is 0 Å². The topological polar surface area (TPSA) is 83.6 Å². The maximum atomic E-state index is 12.0. The molecule has 0 saturated carbocycles. The second kappa shape index (κ2) is 7.58. The number of carbonyl (C=O) groups is 2. The summed E-state index contributed by atoms with van der Waals surface area (Å²) in [5, 5.41) is 8.79. The van der Waals surface area contributed by atoms with E-state index in [1.54, 1.807) is 6.92 Å². The Bertz CT molecular complexity index is 679. The highest BCUT2D eigenvalue weighted by molar-refractivity contribution is 5.81. The van der Waals surface area contributed by atoms with Gasteiger partial charge in [0, 0.05) is 24.9 Å². The molecule has 1 N–H and O–H groups in total. The number of amides is 1. The number of carboxylic acids is 1. The highest BCUT2D eigenvalue weighted by atomic mass is 16.4. The molecule has 1 amide bonds. The third-order valence-corrected chi connectivity index (χ3v) is 3.49. The summed E-state index contributed by atoms with van der Waals surface area (Å²) >= 11 is 0. The SMILES string of the molecule is CCN(CC(=O)O)C(=O)CCc1nc(C)c(-c2ccccc2)o1. The fraction of sp³-hybridized carbons (Fsp3) is 0.353. The zero-order chi connectivity index (χ0) is 16.8. The van der Waals surface area contributed by atoms with Crippen LogP contribution in [0.4, 0.5) is 0 Å². The van der Waals surface area contributed by atoms with E-state index >= 15 is 0 Å². The molecule has 0 bridgehead atoms. The van der Waals surface area contributed by atoms with E-state index in [9.17, 15) is 9.59 Å². The number of carboxylic acid groups (broad SMARTS) is 1. The van der Waals surface area contributed by atoms with Gasteiger partial charge in [-0.05, 0) is 13.8 Å². The third-order valence-electron chi connectivity index (χ3n) is 3.49. The number of hydrogen-bond acceptors (Lipinski definition) is 4. The van der Waals surface area contributed by atoms with Crippen molar-refractivity contribution in [2.75, 3.05) is 13.1 Å². The third kappa shape index (κ3) is 4.42. The molecular formula is C17H20N2O4. The van der Waals surface area contributed by atoms with Crippen molar-refractivity contribution in [3.05, 3.63) is 41.9 Å². The van der Waals surface area contributed by atoms with Crippen LogP contribution in [0.3, 0.4) is 0 Å². The number of likely N-dealkylation sites (N-methyl/N-ethyl adjacent to an activating group) is 1. The predicted molar refractivity (Wildman–Crippen MR) is 84.9 cm³/mol. The fourth-order valence-electron chi connectivity index (χ4n) is 2.33. The number of carbonyl (C=O) groups excluding carboxylic acids is 1. The number of aliphatic carboxylic acids is 1. The molecule has 122 valence electrons. The van der Waals surface area contributed by atoms with Crippen LogP contribution in [0.15, 0.2) is 34.7 Å². The van der Waals surface area contributed by atoms with Gasteiger partial charge < -0.3 is 14.4 Å². The van der Waals surface area contributed by atoms with E-state index in [0.717, 1.165) is 11.3 Å². The Morgan fingerprint density at radius 1 is 1.26 bits per heavy atom. The van der Waals surface area contributed by atoms with E-state index in [0.29, 0.717) is 24.6 Å². The monoisotopic (exact) mass is 316 g/mol. The van der Waals surface area contributed by atoms with E-state index in [1.807, 2.05) is 37.3 Å². The lowest BCUT2D eigenvalue weighted by Gasteiger charge is -2.17. The quantitative estimate of drug-likeness (QED) is 0.848. The highest BCUT2D eigenvalue weighted by Gasteiger charge is 2.17. The van der Waals surface area contributed by atoms with Crippen molar-refractivity contribution in [3.8, 4) is 11.3 Å². The van der Waals surface area contributed by atoms with Crippen LogP contribution in [0.1, 0.15) is 24.9 Å². The van der Waals surface area contributed by atoms with Crippen LogP contribution in [0, 0.1) is 6.92 Å². The van der Waals surface area contributed by atoms with Gasteiger partial charge in [-0.25, -0.2) is 4.98 Å². The molecule has 0 aliphatic heterocycles. The summed E-state index contributed by atoms with van der Waals surface area (Å²) in [6.07, 6.45) is 0.526. The zero-order valence-corrected chi connectivity index (χ0v) is 13.3. The van der Waals surface area contributed by atoms with Gasteiger partial charge >= 0.3 is 5.97 Å². The van der Waals surface area contributed by atoms with Crippen molar-refractivity contribution >= 4 is 11.9 Å². The Hall–Kier alpha value is -2.63. The molecule has 0 aliphatic carbocycles. The van der Waals surface area contributed by atoms with Crippen molar-refractivity contribution in [1.82, 2.24) is 9.88 Å². The lowest BCUT2D eigenvalue weighted by Crippen LogP contribution is -2.35. The summed E-state index contributed by atoms with van der Waals surface area (Å²) < 4.78 is 5.75. The van der Waals surface area contributed by atoms with E-state index < -0.39 is 5.97 Å². The van der Waals surface area contributed by atoms with Crippen LogP contribution in [0.25, 0.3) is 11.3 Å². The molecule has 1 aromatic carbocycles. The number of hydrogen-bond donors (Lipinski definition) is 1. The Morgan fingerprint density at radius 2 is 1.96 bits per heavy atom. The zero-order valence-electron chi connectivity index (χ0n) is 13.3. The molecule has 0 radical (unpaired) electrons. The predicted octanol–water partition coefficient (Wildman–Crippen LogP) is 2.52. The number of rotatable bonds is 7. The van der Waals surface area contributed by atoms with Crippen molar-refractivity contribution < 1.29 is 19.1 Å². The van der Waals surface area contributed by atoms with E-state index in [4.69, 9.17) is 9.52 Å². The standard InChI is InChI=1S/C17H20N2O4/c1-3-19(11-16(21)22)15(20)10-9-14-18-12(2)17(23-14)13-7-5-4-6-8-13/h4-8H,3,9-11H2,1-2H3,(H,21,22). The average molecular weight is 316 g/mol. The van der Waals surface area contributed by atoms with Crippen LogP contribution in [-0.4, -0.2) is 40.0 Å². The lowest BCUT2D eigenvalue weighted by atomic mass is 10.1. The maximum Gasteiger partial charge on any atom is 0.323 e. The van der Waals surface area contributed by atoms with Gasteiger partial charge in [-0.3, -0.25) is 9.59 Å².